The maximum Gasteiger partial charge on any atom is 0.423 e. The molecule has 1 heterocycles. The first-order chi connectivity index (χ1) is 13.5. The van der Waals surface area contributed by atoms with Crippen molar-refractivity contribution in [2.24, 2.45) is 0 Å². The van der Waals surface area contributed by atoms with E-state index in [-0.39, 0.29) is 5.95 Å². The number of unbranched alkanes of at least 4 members (excludes halogenated alkanes) is 1. The Morgan fingerprint density at radius 2 is 1.66 bits per heavy atom. The molecule has 0 atom stereocenters. The first kappa shape index (κ1) is 22.6. The van der Waals surface area contributed by atoms with Gasteiger partial charge in [-0.3, -0.25) is 0 Å². The van der Waals surface area contributed by atoms with Crippen LogP contribution in [0.1, 0.15) is 25.3 Å². The van der Waals surface area contributed by atoms with Crippen LogP contribution < -0.4 is 14.4 Å². The van der Waals surface area contributed by atoms with Gasteiger partial charge in [-0.25, -0.2) is 4.98 Å². The second-order valence-electron chi connectivity index (χ2n) is 6.05. The molecule has 2 aromatic rings. The van der Waals surface area contributed by atoms with Gasteiger partial charge in [0.1, 0.15) is 11.3 Å². The van der Waals surface area contributed by atoms with Gasteiger partial charge in [0, 0.05) is 18.9 Å². The third-order valence-electron chi connectivity index (χ3n) is 3.71. The van der Waals surface area contributed by atoms with Crippen LogP contribution in [0, 0.1) is 0 Å². The van der Waals surface area contributed by atoms with Gasteiger partial charge in [0.2, 0.25) is 11.8 Å². The van der Waals surface area contributed by atoms with Crippen molar-refractivity contribution in [3.05, 3.63) is 36.0 Å². The molecule has 0 saturated carbocycles. The van der Waals surface area contributed by atoms with Crippen LogP contribution in [0.15, 0.2) is 30.5 Å². The third-order valence-corrected chi connectivity index (χ3v) is 3.71. The van der Waals surface area contributed by atoms with Gasteiger partial charge in [0.15, 0.2) is 6.61 Å². The average Bonchev–Trinajstić information content (AvgIpc) is 2.65. The zero-order chi connectivity index (χ0) is 21.7. The normalized spacial score (nSPS) is 12.0. The van der Waals surface area contributed by atoms with E-state index in [4.69, 9.17) is 4.74 Å². The maximum absolute atomic E-state index is 13.0. The Balaban J connectivity index is 2.24. The van der Waals surface area contributed by atoms with E-state index in [0.717, 1.165) is 12.8 Å². The molecule has 0 bridgehead atoms. The molecule has 160 valence electrons. The Labute approximate surface area is 163 Å². The van der Waals surface area contributed by atoms with Gasteiger partial charge in [0.05, 0.1) is 6.61 Å². The summed E-state index contributed by atoms with van der Waals surface area (Å²) in [5.74, 6) is -0.834. The van der Waals surface area contributed by atoms with Crippen molar-refractivity contribution in [3.8, 4) is 11.6 Å². The lowest BCUT2D eigenvalue weighted by atomic mass is 10.3. The number of nitrogens with zero attached hydrogens (tertiary/aromatic N) is 3. The lowest BCUT2D eigenvalue weighted by Crippen LogP contribution is -2.23. The predicted octanol–water partition coefficient (Wildman–Crippen LogP) is 5.38. The number of anilines is 2. The van der Waals surface area contributed by atoms with Crippen LogP contribution in [0.2, 0.25) is 0 Å². The number of hydrogen-bond donors (Lipinski definition) is 0. The zero-order valence-corrected chi connectivity index (χ0v) is 15.6. The largest absolute Gasteiger partial charge is 0.494 e. The van der Waals surface area contributed by atoms with Gasteiger partial charge in [-0.15, -0.1) is 0 Å². The van der Waals surface area contributed by atoms with E-state index in [2.05, 4.69) is 14.7 Å². The molecule has 0 amide bonds. The molecular weight excluding hydrogens is 404 g/mol. The van der Waals surface area contributed by atoms with Crippen molar-refractivity contribution in [1.82, 2.24) is 9.97 Å². The molecule has 2 rings (SSSR count). The highest BCUT2D eigenvalue weighted by Crippen LogP contribution is 2.36. The highest BCUT2D eigenvalue weighted by molar-refractivity contribution is 5.58. The molecule has 1 aromatic carbocycles. The second kappa shape index (κ2) is 9.19. The van der Waals surface area contributed by atoms with Gasteiger partial charge in [0.25, 0.3) is 0 Å². The Bertz CT molecular complexity index is 794. The van der Waals surface area contributed by atoms with Gasteiger partial charge >= 0.3 is 12.4 Å². The number of benzene rings is 1. The summed E-state index contributed by atoms with van der Waals surface area (Å²) in [5, 5.41) is 0. The van der Waals surface area contributed by atoms with E-state index < -0.39 is 30.4 Å². The van der Waals surface area contributed by atoms with Crippen LogP contribution in [0.5, 0.6) is 11.6 Å². The van der Waals surface area contributed by atoms with E-state index in [0.29, 0.717) is 24.2 Å². The summed E-state index contributed by atoms with van der Waals surface area (Å²) in [6.07, 6.45) is -7.51. The Hall–Kier alpha value is -2.72. The van der Waals surface area contributed by atoms with Crippen LogP contribution >= 0.6 is 0 Å². The highest BCUT2D eigenvalue weighted by Gasteiger charge is 2.38. The molecule has 0 fully saturated rings. The summed E-state index contributed by atoms with van der Waals surface area (Å²) >= 11 is 0. The Morgan fingerprint density at radius 1 is 1.00 bits per heavy atom. The second-order valence-corrected chi connectivity index (χ2v) is 6.05. The first-order valence-corrected chi connectivity index (χ1v) is 8.61. The fourth-order valence-corrected chi connectivity index (χ4v) is 2.19. The van der Waals surface area contributed by atoms with Crippen molar-refractivity contribution >= 4 is 11.6 Å². The van der Waals surface area contributed by atoms with E-state index in [1.54, 1.807) is 24.3 Å². The van der Waals surface area contributed by atoms with Gasteiger partial charge < -0.3 is 14.4 Å². The smallest absolute Gasteiger partial charge is 0.423 e. The van der Waals surface area contributed by atoms with E-state index in [1.165, 1.54) is 11.9 Å². The summed E-state index contributed by atoms with van der Waals surface area (Å²) in [4.78, 5) is 8.47. The molecule has 29 heavy (non-hydrogen) atoms. The van der Waals surface area contributed by atoms with Crippen LogP contribution in [0.25, 0.3) is 0 Å². The van der Waals surface area contributed by atoms with Gasteiger partial charge in [-0.1, -0.05) is 13.3 Å². The lowest BCUT2D eigenvalue weighted by Gasteiger charge is -2.20. The van der Waals surface area contributed by atoms with Crippen LogP contribution in [-0.4, -0.2) is 36.4 Å². The minimum Gasteiger partial charge on any atom is -0.494 e. The van der Waals surface area contributed by atoms with E-state index in [9.17, 15) is 26.3 Å². The van der Waals surface area contributed by atoms with Crippen LogP contribution in [0.4, 0.5) is 38.0 Å². The topological polar surface area (TPSA) is 47.5 Å². The molecule has 0 aliphatic rings. The average molecular weight is 423 g/mol. The standard InChI is InChI=1S/C18H19F6N3O2/c1-3-4-9-28-13-7-5-12(6-8-13)27(2)16-25-10-14(18(22,23)24)15(26-16)29-11-17(19,20)21/h5-8,10H,3-4,9,11H2,1-2H3. The van der Waals surface area contributed by atoms with Crippen molar-refractivity contribution in [2.45, 2.75) is 32.1 Å². The molecule has 0 radical (unpaired) electrons. The maximum atomic E-state index is 13.0. The summed E-state index contributed by atoms with van der Waals surface area (Å²) in [6, 6.07) is 6.57. The minimum atomic E-state index is -4.96. The monoisotopic (exact) mass is 423 g/mol. The fraction of sp³-hybridized carbons (Fsp3) is 0.444. The van der Waals surface area contributed by atoms with Crippen molar-refractivity contribution in [1.29, 1.82) is 0 Å². The number of aromatic nitrogens is 2. The van der Waals surface area contributed by atoms with Crippen molar-refractivity contribution < 1.29 is 35.8 Å². The quantitative estimate of drug-likeness (QED) is 0.421. The van der Waals surface area contributed by atoms with Gasteiger partial charge in [-0.05, 0) is 30.7 Å². The van der Waals surface area contributed by atoms with Crippen molar-refractivity contribution in [2.75, 3.05) is 25.2 Å². The molecule has 1 aromatic heterocycles. The van der Waals surface area contributed by atoms with Crippen LogP contribution in [0.3, 0.4) is 0 Å². The molecule has 0 aliphatic carbocycles. The van der Waals surface area contributed by atoms with E-state index in [1.807, 2.05) is 6.92 Å². The predicted molar refractivity (Wildman–Crippen MR) is 93.5 cm³/mol. The Kier molecular flexibility index (Phi) is 7.15. The van der Waals surface area contributed by atoms with Crippen molar-refractivity contribution in [3.63, 3.8) is 0 Å². The molecule has 0 N–H and O–H groups in total. The number of alkyl halides is 6. The molecule has 0 saturated heterocycles. The molecule has 5 nitrogen and oxygen atoms in total. The first-order valence-electron chi connectivity index (χ1n) is 8.61. The summed E-state index contributed by atoms with van der Waals surface area (Å²) in [7, 11) is 1.46. The zero-order valence-electron chi connectivity index (χ0n) is 15.6. The fourth-order valence-electron chi connectivity index (χ4n) is 2.19. The van der Waals surface area contributed by atoms with E-state index >= 15 is 0 Å². The number of halogens is 6. The third kappa shape index (κ3) is 6.68. The minimum absolute atomic E-state index is 0.255. The Morgan fingerprint density at radius 3 is 2.21 bits per heavy atom. The lowest BCUT2D eigenvalue weighted by molar-refractivity contribution is -0.159. The number of ether oxygens (including phenoxy) is 2. The summed E-state index contributed by atoms with van der Waals surface area (Å²) in [5.41, 5.74) is -0.993. The molecule has 0 unspecified atom stereocenters. The summed E-state index contributed by atoms with van der Waals surface area (Å²) in [6.45, 7) is 0.672. The number of hydrogen-bond acceptors (Lipinski definition) is 5. The number of rotatable bonds is 8. The summed E-state index contributed by atoms with van der Waals surface area (Å²) < 4.78 is 86.0. The SMILES string of the molecule is CCCCOc1ccc(N(C)c2ncc(C(F)(F)F)c(OCC(F)(F)F)n2)cc1. The molecule has 0 aliphatic heterocycles. The highest BCUT2D eigenvalue weighted by atomic mass is 19.4. The van der Waals surface area contributed by atoms with Crippen LogP contribution in [-0.2, 0) is 6.18 Å². The van der Waals surface area contributed by atoms with Gasteiger partial charge in [-0.2, -0.15) is 31.3 Å². The molecule has 11 heteroatoms. The molecule has 0 spiro atoms. The molecular formula is C18H19F6N3O2.